The molecule has 0 aromatic rings. The summed E-state index contributed by atoms with van der Waals surface area (Å²) < 4.78 is 5.20. The van der Waals surface area contributed by atoms with Gasteiger partial charge < -0.3 is 15.6 Å². The van der Waals surface area contributed by atoms with Gasteiger partial charge in [0.05, 0.1) is 13.2 Å². The van der Waals surface area contributed by atoms with Crippen molar-refractivity contribution < 1.29 is 9.84 Å². The van der Waals surface area contributed by atoms with Crippen LogP contribution in [0.2, 0.25) is 0 Å². The van der Waals surface area contributed by atoms with E-state index in [1.807, 2.05) is 11.8 Å². The third-order valence-electron chi connectivity index (χ3n) is 1.43. The van der Waals surface area contributed by atoms with Crippen LogP contribution in [0.1, 0.15) is 13.3 Å². The number of ether oxygens (including phenoxy) is 1. The first kappa shape index (κ1) is 12.2. The van der Waals surface area contributed by atoms with E-state index >= 15 is 0 Å². The van der Waals surface area contributed by atoms with Crippen LogP contribution in [0.4, 0.5) is 0 Å². The highest BCUT2D eigenvalue weighted by Gasteiger charge is 2.00. The quantitative estimate of drug-likeness (QED) is 0.550. The van der Waals surface area contributed by atoms with Crippen LogP contribution in [0.15, 0.2) is 0 Å². The summed E-state index contributed by atoms with van der Waals surface area (Å²) in [7, 11) is 0. The smallest absolute Gasteiger partial charge is 0.0589 e. The maximum atomic E-state index is 8.62. The number of hydrogen-bond donors (Lipinski definition) is 2. The van der Waals surface area contributed by atoms with E-state index in [9.17, 15) is 0 Å². The largest absolute Gasteiger partial charge is 0.396 e. The maximum Gasteiger partial charge on any atom is 0.0589 e. The number of hydrogen-bond acceptors (Lipinski definition) is 4. The van der Waals surface area contributed by atoms with Gasteiger partial charge in [-0.15, -0.1) is 0 Å². The average Bonchev–Trinajstić information content (AvgIpc) is 2.05. The second-order valence-corrected chi connectivity index (χ2v) is 4.14. The Bertz CT molecular complexity index is 93.1. The lowest BCUT2D eigenvalue weighted by molar-refractivity contribution is 0.158. The standard InChI is InChI=1S/C8H19NO2S/c1-8(2-4-10)12-7-6-11-5-3-9/h8,10H,2-7,9H2,1H3. The molecule has 74 valence electrons. The molecule has 0 spiro atoms. The zero-order valence-corrected chi connectivity index (χ0v) is 8.48. The van der Waals surface area contributed by atoms with Crippen molar-refractivity contribution in [2.45, 2.75) is 18.6 Å². The predicted octanol–water partition coefficient (Wildman–Crippen LogP) is 0.466. The Morgan fingerprint density at radius 3 is 2.83 bits per heavy atom. The first-order chi connectivity index (χ1) is 5.81. The molecule has 3 nitrogen and oxygen atoms in total. The van der Waals surface area contributed by atoms with E-state index in [0.29, 0.717) is 18.4 Å². The lowest BCUT2D eigenvalue weighted by Crippen LogP contribution is -2.11. The van der Waals surface area contributed by atoms with Gasteiger partial charge in [-0.2, -0.15) is 11.8 Å². The molecule has 0 aliphatic heterocycles. The van der Waals surface area contributed by atoms with Crippen molar-refractivity contribution in [1.82, 2.24) is 0 Å². The number of rotatable bonds is 8. The summed E-state index contributed by atoms with van der Waals surface area (Å²) in [6.07, 6.45) is 0.863. The minimum Gasteiger partial charge on any atom is -0.396 e. The minimum absolute atomic E-state index is 0.276. The molecule has 3 N–H and O–H groups in total. The molecular formula is C8H19NO2S. The van der Waals surface area contributed by atoms with Crippen LogP contribution in [0, 0.1) is 0 Å². The molecule has 0 aliphatic rings. The fourth-order valence-electron chi connectivity index (χ4n) is 0.759. The van der Waals surface area contributed by atoms with Gasteiger partial charge in [0.25, 0.3) is 0 Å². The molecule has 1 atom stereocenters. The molecule has 0 saturated heterocycles. The van der Waals surface area contributed by atoms with Gasteiger partial charge in [0, 0.05) is 24.2 Å². The summed E-state index contributed by atoms with van der Waals surface area (Å²) in [6, 6.07) is 0. The third-order valence-corrected chi connectivity index (χ3v) is 2.63. The molecule has 0 radical (unpaired) electrons. The summed E-state index contributed by atoms with van der Waals surface area (Å²) in [6.45, 7) is 4.39. The van der Waals surface area contributed by atoms with E-state index in [2.05, 4.69) is 6.92 Å². The molecule has 0 bridgehead atoms. The van der Waals surface area contributed by atoms with E-state index in [1.54, 1.807) is 0 Å². The van der Waals surface area contributed by atoms with Crippen LogP contribution in [0.3, 0.4) is 0 Å². The predicted molar refractivity (Wildman–Crippen MR) is 53.5 cm³/mol. The fraction of sp³-hybridized carbons (Fsp3) is 1.00. The molecule has 12 heavy (non-hydrogen) atoms. The van der Waals surface area contributed by atoms with Crippen molar-refractivity contribution >= 4 is 11.8 Å². The van der Waals surface area contributed by atoms with Gasteiger partial charge >= 0.3 is 0 Å². The molecule has 0 saturated carbocycles. The topological polar surface area (TPSA) is 55.5 Å². The van der Waals surface area contributed by atoms with Gasteiger partial charge in [-0.25, -0.2) is 0 Å². The molecule has 0 rings (SSSR count). The third kappa shape index (κ3) is 8.33. The van der Waals surface area contributed by atoms with E-state index in [0.717, 1.165) is 18.8 Å². The summed E-state index contributed by atoms with van der Waals surface area (Å²) in [5.41, 5.74) is 5.25. The Morgan fingerprint density at radius 1 is 1.50 bits per heavy atom. The number of aliphatic hydroxyl groups is 1. The van der Waals surface area contributed by atoms with Crippen LogP contribution in [0.25, 0.3) is 0 Å². The van der Waals surface area contributed by atoms with Crippen molar-refractivity contribution in [3.05, 3.63) is 0 Å². The Morgan fingerprint density at radius 2 is 2.25 bits per heavy atom. The van der Waals surface area contributed by atoms with Gasteiger partial charge in [-0.3, -0.25) is 0 Å². The van der Waals surface area contributed by atoms with Crippen LogP contribution in [-0.2, 0) is 4.74 Å². The molecule has 0 aliphatic carbocycles. The SMILES string of the molecule is CC(CCO)SCCOCCN. The summed E-state index contributed by atoms with van der Waals surface area (Å²) in [5.74, 6) is 0.987. The molecule has 0 heterocycles. The lowest BCUT2D eigenvalue weighted by atomic mass is 10.3. The van der Waals surface area contributed by atoms with E-state index in [-0.39, 0.29) is 6.61 Å². The fourth-order valence-corrected chi connectivity index (χ4v) is 1.65. The van der Waals surface area contributed by atoms with Gasteiger partial charge in [0.2, 0.25) is 0 Å². The highest BCUT2D eigenvalue weighted by molar-refractivity contribution is 7.99. The summed E-state index contributed by atoms with van der Waals surface area (Å²) in [5, 5.41) is 9.14. The Kier molecular flexibility index (Phi) is 9.50. The van der Waals surface area contributed by atoms with E-state index in [1.165, 1.54) is 0 Å². The van der Waals surface area contributed by atoms with Crippen LogP contribution in [0.5, 0.6) is 0 Å². The minimum atomic E-state index is 0.276. The highest BCUT2D eigenvalue weighted by Crippen LogP contribution is 2.12. The maximum absolute atomic E-state index is 8.62. The van der Waals surface area contributed by atoms with E-state index in [4.69, 9.17) is 15.6 Å². The van der Waals surface area contributed by atoms with Crippen LogP contribution < -0.4 is 5.73 Å². The average molecular weight is 193 g/mol. The molecule has 1 unspecified atom stereocenters. The van der Waals surface area contributed by atoms with Gasteiger partial charge in [0.15, 0.2) is 0 Å². The van der Waals surface area contributed by atoms with Gasteiger partial charge in [-0.1, -0.05) is 6.92 Å². The number of nitrogens with two attached hydrogens (primary N) is 1. The van der Waals surface area contributed by atoms with Crippen LogP contribution >= 0.6 is 11.8 Å². The number of aliphatic hydroxyl groups excluding tert-OH is 1. The first-order valence-electron chi connectivity index (χ1n) is 4.31. The van der Waals surface area contributed by atoms with Crippen molar-refractivity contribution in [2.75, 3.05) is 32.1 Å². The normalized spacial score (nSPS) is 13.2. The lowest BCUT2D eigenvalue weighted by Gasteiger charge is -2.08. The van der Waals surface area contributed by atoms with Crippen molar-refractivity contribution in [3.8, 4) is 0 Å². The Balaban J connectivity index is 2.97. The molecule has 0 amide bonds. The second kappa shape index (κ2) is 9.32. The van der Waals surface area contributed by atoms with Crippen molar-refractivity contribution in [3.63, 3.8) is 0 Å². The molecule has 0 aromatic carbocycles. The van der Waals surface area contributed by atoms with Gasteiger partial charge in [0.1, 0.15) is 0 Å². The van der Waals surface area contributed by atoms with E-state index < -0.39 is 0 Å². The monoisotopic (exact) mass is 193 g/mol. The zero-order valence-electron chi connectivity index (χ0n) is 7.66. The zero-order chi connectivity index (χ0) is 9.23. The molecule has 0 aromatic heterocycles. The summed E-state index contributed by atoms with van der Waals surface area (Å²) >= 11 is 1.83. The molecule has 0 fully saturated rings. The Labute approximate surface area is 78.7 Å². The summed E-state index contributed by atoms with van der Waals surface area (Å²) in [4.78, 5) is 0. The first-order valence-corrected chi connectivity index (χ1v) is 5.36. The molecule has 4 heteroatoms. The van der Waals surface area contributed by atoms with Gasteiger partial charge in [-0.05, 0) is 6.42 Å². The van der Waals surface area contributed by atoms with Crippen molar-refractivity contribution in [2.24, 2.45) is 5.73 Å². The Hall–Kier alpha value is 0.230. The second-order valence-electron chi connectivity index (χ2n) is 2.59. The number of thioether (sulfide) groups is 1. The van der Waals surface area contributed by atoms with Crippen molar-refractivity contribution in [1.29, 1.82) is 0 Å². The van der Waals surface area contributed by atoms with Crippen LogP contribution in [-0.4, -0.2) is 42.5 Å². The molecular weight excluding hydrogens is 174 g/mol. The highest BCUT2D eigenvalue weighted by atomic mass is 32.2.